The molecule has 5 aliphatic heterocycles. The van der Waals surface area contributed by atoms with Crippen LogP contribution in [0.5, 0.6) is 0 Å². The van der Waals surface area contributed by atoms with Crippen LogP contribution >= 0.6 is 0 Å². The van der Waals surface area contributed by atoms with Crippen LogP contribution in [0.2, 0.25) is 0 Å². The average molecular weight is 364 g/mol. The second kappa shape index (κ2) is 6.06. The fourth-order valence-electron chi connectivity index (χ4n) is 3.82. The van der Waals surface area contributed by atoms with Crippen LogP contribution in [0, 0.1) is 0 Å². The van der Waals surface area contributed by atoms with E-state index in [1.807, 2.05) is 36.5 Å². The quantitative estimate of drug-likeness (QED) is 0.571. The minimum atomic E-state index is 0.898. The van der Waals surface area contributed by atoms with Crippen molar-refractivity contribution in [3.63, 3.8) is 0 Å². The lowest BCUT2D eigenvalue weighted by Gasteiger charge is -2.07. The van der Waals surface area contributed by atoms with Crippen LogP contribution in [0.15, 0.2) is 114 Å². The number of nitrogens with zero attached hydrogens (tertiary/aromatic N) is 4. The van der Waals surface area contributed by atoms with Gasteiger partial charge in [0.1, 0.15) is 0 Å². The van der Waals surface area contributed by atoms with E-state index in [2.05, 4.69) is 44.8 Å². The SMILES string of the molecule is CC1=CC2=CC3=NC(=CC4=NC(=CC5=NC(=C(C)C1=N2)C(C)=C5C)C=C4)C=C3. The summed E-state index contributed by atoms with van der Waals surface area (Å²) in [4.78, 5) is 19.2. The van der Waals surface area contributed by atoms with Crippen molar-refractivity contribution in [2.45, 2.75) is 27.7 Å². The largest absolute Gasteiger partial charge is 0.249 e. The van der Waals surface area contributed by atoms with Gasteiger partial charge in [0.25, 0.3) is 0 Å². The summed E-state index contributed by atoms with van der Waals surface area (Å²) in [6, 6.07) is 0. The van der Waals surface area contributed by atoms with Gasteiger partial charge >= 0.3 is 0 Å². The molecule has 0 saturated heterocycles. The molecule has 8 bridgehead atoms. The van der Waals surface area contributed by atoms with Crippen LogP contribution < -0.4 is 0 Å². The summed E-state index contributed by atoms with van der Waals surface area (Å²) in [7, 11) is 0. The molecule has 0 fully saturated rings. The molecular formula is C24H20N4. The first-order chi connectivity index (χ1) is 13.5. The summed E-state index contributed by atoms with van der Waals surface area (Å²) in [6.07, 6.45) is 16.2. The molecule has 0 aromatic heterocycles. The molecule has 0 amide bonds. The molecule has 5 rings (SSSR count). The third-order valence-electron chi connectivity index (χ3n) is 5.47. The lowest BCUT2D eigenvalue weighted by Crippen LogP contribution is -2.02. The van der Waals surface area contributed by atoms with Gasteiger partial charge in [-0.25, -0.2) is 20.0 Å². The summed E-state index contributed by atoms with van der Waals surface area (Å²) in [6.45, 7) is 8.45. The molecule has 4 nitrogen and oxygen atoms in total. The van der Waals surface area contributed by atoms with E-state index in [1.165, 1.54) is 11.1 Å². The first-order valence-corrected chi connectivity index (χ1v) is 9.42. The minimum Gasteiger partial charge on any atom is -0.249 e. The molecule has 0 N–H and O–H groups in total. The Balaban J connectivity index is 1.74. The van der Waals surface area contributed by atoms with Gasteiger partial charge in [0.05, 0.1) is 45.6 Å². The van der Waals surface area contributed by atoms with E-state index in [1.54, 1.807) is 0 Å². The van der Waals surface area contributed by atoms with E-state index in [0.29, 0.717) is 0 Å². The number of hydrogen-bond acceptors (Lipinski definition) is 4. The van der Waals surface area contributed by atoms with Crippen molar-refractivity contribution >= 4 is 22.8 Å². The second-order valence-electron chi connectivity index (χ2n) is 7.46. The number of aliphatic imine (C=N–C) groups is 4. The predicted octanol–water partition coefficient (Wildman–Crippen LogP) is 5.14. The smallest absolute Gasteiger partial charge is 0.0720 e. The highest BCUT2D eigenvalue weighted by molar-refractivity contribution is 6.19. The van der Waals surface area contributed by atoms with Crippen LogP contribution in [-0.2, 0) is 0 Å². The number of fused-ring (bicyclic) bond motifs is 4. The highest BCUT2D eigenvalue weighted by Crippen LogP contribution is 2.32. The third kappa shape index (κ3) is 2.69. The lowest BCUT2D eigenvalue weighted by molar-refractivity contribution is 1.26. The van der Waals surface area contributed by atoms with Crippen molar-refractivity contribution in [1.82, 2.24) is 0 Å². The zero-order valence-electron chi connectivity index (χ0n) is 16.4. The maximum atomic E-state index is 4.93. The van der Waals surface area contributed by atoms with E-state index in [9.17, 15) is 0 Å². The van der Waals surface area contributed by atoms with E-state index in [4.69, 9.17) is 15.0 Å². The molecule has 0 atom stereocenters. The first-order valence-electron chi connectivity index (χ1n) is 9.42. The molecule has 28 heavy (non-hydrogen) atoms. The normalized spacial score (nSPS) is 22.7. The van der Waals surface area contributed by atoms with Crippen molar-refractivity contribution < 1.29 is 0 Å². The van der Waals surface area contributed by atoms with Gasteiger partial charge in [0.15, 0.2) is 0 Å². The standard InChI is InChI=1S/C24H20N4/c1-13-9-21-11-19-6-5-17(25-19)10-18-7-8-20(26-18)12-22-14(2)15(3)24(28-22)16(4)23(13)27-21/h5-12H,1-4H3. The summed E-state index contributed by atoms with van der Waals surface area (Å²) < 4.78 is 0. The van der Waals surface area contributed by atoms with Gasteiger partial charge in [-0.05, 0) is 93.0 Å². The van der Waals surface area contributed by atoms with E-state index < -0.39 is 0 Å². The minimum absolute atomic E-state index is 0.898. The highest BCUT2D eigenvalue weighted by atomic mass is 14.9. The van der Waals surface area contributed by atoms with Crippen LogP contribution in [0.4, 0.5) is 0 Å². The Labute approximate surface area is 164 Å². The Bertz CT molecular complexity index is 1210. The Kier molecular flexibility index (Phi) is 3.63. The predicted molar refractivity (Wildman–Crippen MR) is 117 cm³/mol. The number of rotatable bonds is 0. The van der Waals surface area contributed by atoms with Crippen molar-refractivity contribution in [3.05, 3.63) is 93.7 Å². The van der Waals surface area contributed by atoms with Crippen molar-refractivity contribution in [3.8, 4) is 0 Å². The van der Waals surface area contributed by atoms with Gasteiger partial charge in [0, 0.05) is 5.57 Å². The maximum absolute atomic E-state index is 4.93. The Morgan fingerprint density at radius 2 is 1.18 bits per heavy atom. The molecule has 0 aromatic carbocycles. The van der Waals surface area contributed by atoms with Gasteiger partial charge in [0.2, 0.25) is 0 Å². The molecule has 5 aliphatic rings. The molecule has 0 unspecified atom stereocenters. The second-order valence-corrected chi connectivity index (χ2v) is 7.46. The molecule has 4 heteroatoms. The zero-order chi connectivity index (χ0) is 19.4. The van der Waals surface area contributed by atoms with Gasteiger partial charge in [-0.15, -0.1) is 0 Å². The Hall–Kier alpha value is -3.40. The van der Waals surface area contributed by atoms with Crippen molar-refractivity contribution in [2.75, 3.05) is 0 Å². The number of hydrogen-bond donors (Lipinski definition) is 0. The number of allylic oxidation sites excluding steroid dienone is 12. The van der Waals surface area contributed by atoms with Gasteiger partial charge in [-0.1, -0.05) is 0 Å². The summed E-state index contributed by atoms with van der Waals surface area (Å²) in [5.74, 6) is 0. The highest BCUT2D eigenvalue weighted by Gasteiger charge is 2.23. The summed E-state index contributed by atoms with van der Waals surface area (Å²) >= 11 is 0. The van der Waals surface area contributed by atoms with E-state index in [-0.39, 0.29) is 0 Å². The molecule has 5 heterocycles. The van der Waals surface area contributed by atoms with Crippen molar-refractivity contribution in [1.29, 1.82) is 0 Å². The Morgan fingerprint density at radius 3 is 1.89 bits per heavy atom. The molecule has 0 spiro atoms. The summed E-state index contributed by atoms with van der Waals surface area (Å²) in [5, 5.41) is 0. The maximum Gasteiger partial charge on any atom is 0.0720 e. The molecule has 0 radical (unpaired) electrons. The topological polar surface area (TPSA) is 49.4 Å². The van der Waals surface area contributed by atoms with Gasteiger partial charge in [-0.3, -0.25) is 0 Å². The zero-order valence-corrected chi connectivity index (χ0v) is 16.4. The van der Waals surface area contributed by atoms with Crippen LogP contribution in [-0.4, -0.2) is 22.8 Å². The molecule has 0 aromatic rings. The molecule has 0 saturated carbocycles. The Morgan fingerprint density at radius 1 is 0.536 bits per heavy atom. The molecule has 136 valence electrons. The summed E-state index contributed by atoms with van der Waals surface area (Å²) in [5.41, 5.74) is 12.1. The van der Waals surface area contributed by atoms with E-state index in [0.717, 1.165) is 56.8 Å². The monoisotopic (exact) mass is 364 g/mol. The lowest BCUT2D eigenvalue weighted by atomic mass is 10.00. The van der Waals surface area contributed by atoms with Crippen LogP contribution in [0.25, 0.3) is 0 Å². The van der Waals surface area contributed by atoms with E-state index >= 15 is 0 Å². The molecule has 0 aliphatic carbocycles. The fourth-order valence-corrected chi connectivity index (χ4v) is 3.82. The van der Waals surface area contributed by atoms with Crippen LogP contribution in [0.3, 0.4) is 0 Å². The fraction of sp³-hybridized carbons (Fsp3) is 0.167. The van der Waals surface area contributed by atoms with Crippen LogP contribution in [0.1, 0.15) is 27.7 Å². The van der Waals surface area contributed by atoms with Gasteiger partial charge < -0.3 is 0 Å². The first kappa shape index (κ1) is 16.8. The van der Waals surface area contributed by atoms with Gasteiger partial charge in [-0.2, -0.15) is 0 Å². The van der Waals surface area contributed by atoms with Crippen molar-refractivity contribution in [2.24, 2.45) is 20.0 Å². The molecular weight excluding hydrogens is 344 g/mol. The average Bonchev–Trinajstić information content (AvgIpc) is 3.42. The third-order valence-corrected chi connectivity index (χ3v) is 5.47.